The molecule has 1 N–H and O–H groups in total. The summed E-state index contributed by atoms with van der Waals surface area (Å²) in [6.07, 6.45) is 5.81. The van der Waals surface area contributed by atoms with Crippen molar-refractivity contribution in [2.24, 2.45) is 5.92 Å². The Morgan fingerprint density at radius 3 is 2.82 bits per heavy atom. The second-order valence-corrected chi connectivity index (χ2v) is 7.74. The Labute approximate surface area is 166 Å². The van der Waals surface area contributed by atoms with Crippen molar-refractivity contribution in [3.63, 3.8) is 0 Å². The number of hydrogen-bond donors (Lipinski definition) is 1. The van der Waals surface area contributed by atoms with Crippen molar-refractivity contribution in [3.05, 3.63) is 41.6 Å². The van der Waals surface area contributed by atoms with Crippen LogP contribution in [0, 0.1) is 17.2 Å². The number of amides is 2. The molecule has 2 atom stereocenters. The molecule has 1 saturated heterocycles. The van der Waals surface area contributed by atoms with Gasteiger partial charge in [-0.2, -0.15) is 5.26 Å². The Kier molecular flexibility index (Phi) is 6.48. The van der Waals surface area contributed by atoms with Crippen molar-refractivity contribution in [1.29, 1.82) is 5.26 Å². The van der Waals surface area contributed by atoms with Crippen LogP contribution in [0.3, 0.4) is 0 Å². The Bertz CT molecular complexity index is 796. The molecule has 0 radical (unpaired) electrons. The minimum Gasteiger partial charge on any atom is -0.326 e. The first-order valence-electron chi connectivity index (χ1n) is 10.0. The fourth-order valence-electron chi connectivity index (χ4n) is 4.07. The minimum absolute atomic E-state index is 0.0244. The lowest BCUT2D eigenvalue weighted by Gasteiger charge is -2.36. The van der Waals surface area contributed by atoms with E-state index in [-0.39, 0.29) is 30.4 Å². The summed E-state index contributed by atoms with van der Waals surface area (Å²) in [5, 5.41) is 12.2. The van der Waals surface area contributed by atoms with E-state index in [0.29, 0.717) is 25.4 Å². The van der Waals surface area contributed by atoms with Gasteiger partial charge in [0.25, 0.3) is 0 Å². The number of nitrogens with zero attached hydrogens (tertiary/aromatic N) is 3. The van der Waals surface area contributed by atoms with E-state index >= 15 is 0 Å². The predicted molar refractivity (Wildman–Crippen MR) is 108 cm³/mol. The van der Waals surface area contributed by atoms with Gasteiger partial charge in [0.2, 0.25) is 11.8 Å². The standard InChI is InChI=1S/C22H28N4O2/c1-16(2)22-19-8-4-3-6-17(19)10-13-26(22)20(27)9-11-24-15-21(28)25-12-5-7-18(25)14-23/h3-4,6,8,10,13,16,18,22,24H,5,7,9,11-12,15H2,1-2H3. The van der Waals surface area contributed by atoms with Crippen molar-refractivity contribution in [3.8, 4) is 6.07 Å². The second-order valence-electron chi connectivity index (χ2n) is 7.74. The average Bonchev–Trinajstić information content (AvgIpc) is 3.18. The van der Waals surface area contributed by atoms with E-state index < -0.39 is 0 Å². The molecule has 3 rings (SSSR count). The highest BCUT2D eigenvalue weighted by molar-refractivity contribution is 5.81. The van der Waals surface area contributed by atoms with Gasteiger partial charge in [-0.1, -0.05) is 38.1 Å². The fourth-order valence-corrected chi connectivity index (χ4v) is 4.07. The van der Waals surface area contributed by atoms with Gasteiger partial charge < -0.3 is 15.1 Å². The van der Waals surface area contributed by atoms with Gasteiger partial charge >= 0.3 is 0 Å². The van der Waals surface area contributed by atoms with Gasteiger partial charge in [-0.05, 0) is 36.0 Å². The van der Waals surface area contributed by atoms with Crippen LogP contribution in [0.1, 0.15) is 50.3 Å². The maximum Gasteiger partial charge on any atom is 0.237 e. The molecule has 0 spiro atoms. The van der Waals surface area contributed by atoms with E-state index in [0.717, 1.165) is 18.4 Å². The normalized spacial score (nSPS) is 20.9. The molecule has 0 bridgehead atoms. The number of nitriles is 1. The van der Waals surface area contributed by atoms with Gasteiger partial charge in [0.1, 0.15) is 6.04 Å². The molecular formula is C22H28N4O2. The van der Waals surface area contributed by atoms with Crippen LogP contribution < -0.4 is 5.32 Å². The van der Waals surface area contributed by atoms with E-state index in [2.05, 4.69) is 37.4 Å². The van der Waals surface area contributed by atoms with E-state index in [4.69, 9.17) is 5.26 Å². The number of fused-ring (bicyclic) bond motifs is 1. The Hall–Kier alpha value is -2.65. The van der Waals surface area contributed by atoms with Gasteiger partial charge in [0.05, 0.1) is 18.7 Å². The average molecular weight is 380 g/mol. The highest BCUT2D eigenvalue weighted by Gasteiger charge is 2.30. The zero-order chi connectivity index (χ0) is 20.1. The van der Waals surface area contributed by atoms with E-state index in [1.54, 1.807) is 4.90 Å². The van der Waals surface area contributed by atoms with Crippen LogP contribution in [-0.2, 0) is 9.59 Å². The minimum atomic E-state index is -0.304. The number of carbonyl (C=O) groups excluding carboxylic acids is 2. The molecule has 2 heterocycles. The van der Waals surface area contributed by atoms with Gasteiger partial charge in [0, 0.05) is 25.7 Å². The Morgan fingerprint density at radius 1 is 1.29 bits per heavy atom. The largest absolute Gasteiger partial charge is 0.326 e. The van der Waals surface area contributed by atoms with E-state index in [1.807, 2.05) is 29.3 Å². The predicted octanol–water partition coefficient (Wildman–Crippen LogP) is 2.69. The molecule has 6 nitrogen and oxygen atoms in total. The third-order valence-corrected chi connectivity index (χ3v) is 5.46. The topological polar surface area (TPSA) is 76.4 Å². The molecule has 1 fully saturated rings. The van der Waals surface area contributed by atoms with Crippen LogP contribution in [-0.4, -0.2) is 47.3 Å². The van der Waals surface area contributed by atoms with Crippen LogP contribution in [0.2, 0.25) is 0 Å². The fraction of sp³-hybridized carbons (Fsp3) is 0.500. The van der Waals surface area contributed by atoms with Gasteiger partial charge in [0.15, 0.2) is 0 Å². The van der Waals surface area contributed by atoms with Crippen LogP contribution in [0.5, 0.6) is 0 Å². The summed E-state index contributed by atoms with van der Waals surface area (Å²) in [6, 6.07) is 10.1. The third kappa shape index (κ3) is 4.26. The van der Waals surface area contributed by atoms with E-state index in [1.165, 1.54) is 5.56 Å². The smallest absolute Gasteiger partial charge is 0.237 e. The van der Waals surface area contributed by atoms with Gasteiger partial charge in [-0.3, -0.25) is 9.59 Å². The Morgan fingerprint density at radius 2 is 2.07 bits per heavy atom. The molecule has 2 amide bonds. The quantitative estimate of drug-likeness (QED) is 0.770. The Balaban J connectivity index is 1.52. The SMILES string of the molecule is CC(C)C1c2ccccc2C=CN1C(=O)CCNCC(=O)N1CCCC1C#N. The van der Waals surface area contributed by atoms with Gasteiger partial charge in [-0.15, -0.1) is 0 Å². The molecule has 2 aliphatic rings. The summed E-state index contributed by atoms with van der Waals surface area (Å²) in [4.78, 5) is 28.5. The summed E-state index contributed by atoms with van der Waals surface area (Å²) in [7, 11) is 0. The number of carbonyl (C=O) groups is 2. The number of rotatable bonds is 6. The molecule has 0 aliphatic carbocycles. The van der Waals surface area contributed by atoms with Crippen molar-refractivity contribution < 1.29 is 9.59 Å². The zero-order valence-electron chi connectivity index (χ0n) is 16.6. The van der Waals surface area contributed by atoms with Crippen LogP contribution in [0.25, 0.3) is 6.08 Å². The summed E-state index contributed by atoms with van der Waals surface area (Å²) >= 11 is 0. The molecular weight excluding hydrogens is 352 g/mol. The number of hydrogen-bond acceptors (Lipinski definition) is 4. The molecule has 1 aromatic rings. The van der Waals surface area contributed by atoms with Crippen molar-refractivity contribution in [2.45, 2.75) is 45.2 Å². The lowest BCUT2D eigenvalue weighted by molar-refractivity contribution is -0.132. The molecule has 2 aliphatic heterocycles. The molecule has 1 aromatic carbocycles. The molecule has 0 aromatic heterocycles. The zero-order valence-corrected chi connectivity index (χ0v) is 16.6. The van der Waals surface area contributed by atoms with Crippen molar-refractivity contribution in [1.82, 2.24) is 15.1 Å². The summed E-state index contributed by atoms with van der Waals surface area (Å²) in [6.45, 7) is 5.49. The molecule has 28 heavy (non-hydrogen) atoms. The highest BCUT2D eigenvalue weighted by Crippen LogP contribution is 2.35. The lowest BCUT2D eigenvalue weighted by Crippen LogP contribution is -2.41. The molecule has 148 valence electrons. The first-order valence-corrected chi connectivity index (χ1v) is 10.0. The maximum atomic E-state index is 12.8. The number of nitrogens with one attached hydrogen (secondary N) is 1. The van der Waals surface area contributed by atoms with E-state index in [9.17, 15) is 9.59 Å². The molecule has 0 saturated carbocycles. The number of benzene rings is 1. The summed E-state index contributed by atoms with van der Waals surface area (Å²) in [5.74, 6) is 0.270. The first kappa shape index (κ1) is 20.1. The molecule has 2 unspecified atom stereocenters. The van der Waals surface area contributed by atoms with Crippen molar-refractivity contribution >= 4 is 17.9 Å². The van der Waals surface area contributed by atoms with Crippen molar-refractivity contribution in [2.75, 3.05) is 19.6 Å². The van der Waals surface area contributed by atoms with Crippen LogP contribution >= 0.6 is 0 Å². The third-order valence-electron chi connectivity index (χ3n) is 5.46. The maximum absolute atomic E-state index is 12.8. The second kappa shape index (κ2) is 9.03. The first-order chi connectivity index (χ1) is 13.5. The molecule has 6 heteroatoms. The monoisotopic (exact) mass is 380 g/mol. The van der Waals surface area contributed by atoms with Crippen LogP contribution in [0.4, 0.5) is 0 Å². The summed E-state index contributed by atoms with van der Waals surface area (Å²) < 4.78 is 0. The highest BCUT2D eigenvalue weighted by atomic mass is 16.2. The lowest BCUT2D eigenvalue weighted by atomic mass is 9.88. The van der Waals surface area contributed by atoms with Gasteiger partial charge in [-0.25, -0.2) is 0 Å². The summed E-state index contributed by atoms with van der Waals surface area (Å²) in [5.41, 5.74) is 2.33. The number of likely N-dealkylation sites (tertiary alicyclic amines) is 1. The van der Waals surface area contributed by atoms with Crippen LogP contribution in [0.15, 0.2) is 30.5 Å².